The minimum atomic E-state index is -4.66. The lowest BCUT2D eigenvalue weighted by Crippen LogP contribution is -2.44. The molecule has 0 spiro atoms. The molecule has 1 aromatic carbocycles. The average Bonchev–Trinajstić information content (AvgIpc) is 3.70. The number of nitrogen functional groups attached to an aromatic ring is 1. The van der Waals surface area contributed by atoms with Gasteiger partial charge in [0, 0.05) is 5.02 Å². The van der Waals surface area contributed by atoms with Crippen molar-refractivity contribution < 1.29 is 38.2 Å². The predicted molar refractivity (Wildman–Crippen MR) is 212 cm³/mol. The topological polar surface area (TPSA) is 195 Å². The van der Waals surface area contributed by atoms with E-state index in [0.717, 1.165) is 19.3 Å². The first-order valence-corrected chi connectivity index (χ1v) is 21.9. The molecular weight excluding hydrogens is 745 g/mol. The molecule has 4 rings (SSSR count). The summed E-state index contributed by atoms with van der Waals surface area (Å²) in [5.74, 6) is 0.232. The Bertz CT molecular complexity index is 1690. The standard InChI is InChI=1S/C40H61ClN5O8P/c1-3-4-5-6-7-8-9-10-11-12-13-14-15-16-17-18-19-33(51-26-31-22-30(25-42)23-32(41)24-31)27-52-55(49,50)53-28-40(2)38(48)36(47)37(54-40)34-20-21-35-39(43)44-29-45-46(34)35/h20-24,29,33,36-38,47-48H,3-19,26-28H2,1-2H3,(H,49,50)(H2,43,44,45)/t33-,36-,37-,38-,40+/m0/s1. The lowest BCUT2D eigenvalue weighted by molar-refractivity contribution is -0.101. The van der Waals surface area contributed by atoms with Crippen LogP contribution < -0.4 is 5.73 Å². The molecule has 15 heteroatoms. The van der Waals surface area contributed by atoms with E-state index in [1.807, 2.05) is 0 Å². The number of aliphatic hydroxyl groups excluding tert-OH is 2. The third-order valence-corrected chi connectivity index (χ3v) is 11.5. The van der Waals surface area contributed by atoms with Gasteiger partial charge in [0.25, 0.3) is 0 Å². The van der Waals surface area contributed by atoms with E-state index in [9.17, 15) is 24.9 Å². The normalized spacial score (nSPS) is 21.5. The molecule has 0 amide bonds. The van der Waals surface area contributed by atoms with Crippen LogP contribution in [0.15, 0.2) is 36.7 Å². The quantitative estimate of drug-likeness (QED) is 0.0423. The summed E-state index contributed by atoms with van der Waals surface area (Å²) >= 11 is 6.19. The number of benzene rings is 1. The maximum Gasteiger partial charge on any atom is 0.472 e. The van der Waals surface area contributed by atoms with Crippen molar-refractivity contribution in [3.63, 3.8) is 0 Å². The van der Waals surface area contributed by atoms with E-state index in [2.05, 4.69) is 23.1 Å². The Morgan fingerprint density at radius 2 is 1.60 bits per heavy atom. The number of halogens is 1. The molecule has 0 saturated carbocycles. The minimum Gasteiger partial charge on any atom is -0.387 e. The molecule has 3 aromatic rings. The highest BCUT2D eigenvalue weighted by Crippen LogP contribution is 2.48. The number of phosphoric ester groups is 1. The van der Waals surface area contributed by atoms with Crippen LogP contribution in [-0.2, 0) is 29.7 Å². The molecule has 5 N–H and O–H groups in total. The fourth-order valence-corrected chi connectivity index (χ4v) is 8.18. The zero-order valence-electron chi connectivity index (χ0n) is 32.5. The van der Waals surface area contributed by atoms with Crippen LogP contribution in [0.5, 0.6) is 0 Å². The molecule has 3 heterocycles. The molecule has 306 valence electrons. The van der Waals surface area contributed by atoms with Crippen LogP contribution in [0.4, 0.5) is 5.82 Å². The van der Waals surface area contributed by atoms with Crippen molar-refractivity contribution in [1.29, 1.82) is 5.26 Å². The molecule has 1 unspecified atom stereocenters. The number of unbranched alkanes of at least 4 members (excludes halogenated alkanes) is 15. The number of rotatable bonds is 27. The SMILES string of the molecule is CCCCCCCCCCCCCCCCCC[C@@H](COP(=O)(O)OC[C@@]1(C)O[C@@H](c2ccc3c(N)ncnn23)[C@H](O)[C@@H]1O)OCc1cc(Cl)cc(C#N)c1. The Labute approximate surface area is 331 Å². The lowest BCUT2D eigenvalue weighted by Gasteiger charge is -2.28. The summed E-state index contributed by atoms with van der Waals surface area (Å²) in [6.45, 7) is 3.07. The molecule has 1 fully saturated rings. The fraction of sp³-hybridized carbons (Fsp3) is 0.675. The van der Waals surface area contributed by atoms with E-state index in [1.165, 1.54) is 101 Å². The van der Waals surface area contributed by atoms with E-state index in [1.54, 1.807) is 30.3 Å². The Morgan fingerprint density at radius 3 is 2.22 bits per heavy atom. The van der Waals surface area contributed by atoms with Crippen molar-refractivity contribution in [1.82, 2.24) is 14.6 Å². The van der Waals surface area contributed by atoms with Gasteiger partial charge < -0.3 is 30.3 Å². The molecule has 0 bridgehead atoms. The largest absolute Gasteiger partial charge is 0.472 e. The van der Waals surface area contributed by atoms with E-state index in [0.29, 0.717) is 33.8 Å². The summed E-state index contributed by atoms with van der Waals surface area (Å²) in [6.07, 6.45) is 17.5. The first-order valence-electron chi connectivity index (χ1n) is 20.0. The first kappa shape index (κ1) is 45.1. The number of nitrogens with zero attached hydrogens (tertiary/aromatic N) is 4. The Kier molecular flexibility index (Phi) is 18.8. The number of phosphoric acid groups is 1. The number of nitriles is 1. The van der Waals surface area contributed by atoms with Gasteiger partial charge in [-0.25, -0.2) is 14.1 Å². The lowest BCUT2D eigenvalue weighted by atomic mass is 9.97. The van der Waals surface area contributed by atoms with Crippen molar-refractivity contribution in [2.24, 2.45) is 0 Å². The zero-order chi connectivity index (χ0) is 39.7. The van der Waals surface area contributed by atoms with E-state index in [4.69, 9.17) is 35.9 Å². The summed E-state index contributed by atoms with van der Waals surface area (Å²) in [5, 5.41) is 35.8. The van der Waals surface area contributed by atoms with Gasteiger partial charge in [-0.3, -0.25) is 9.05 Å². The van der Waals surface area contributed by atoms with Gasteiger partial charge in [0.1, 0.15) is 35.8 Å². The average molecular weight is 806 g/mol. The third kappa shape index (κ3) is 14.4. The van der Waals surface area contributed by atoms with Gasteiger partial charge in [-0.05, 0) is 49.2 Å². The molecule has 6 atom stereocenters. The van der Waals surface area contributed by atoms with Gasteiger partial charge in [-0.15, -0.1) is 0 Å². The highest BCUT2D eigenvalue weighted by atomic mass is 35.5. The number of aliphatic hydroxyl groups is 2. The molecule has 0 radical (unpaired) electrons. The molecule has 13 nitrogen and oxygen atoms in total. The summed E-state index contributed by atoms with van der Waals surface area (Å²) in [5.41, 5.74) is 6.39. The van der Waals surface area contributed by atoms with E-state index in [-0.39, 0.29) is 19.0 Å². The van der Waals surface area contributed by atoms with Gasteiger partial charge in [-0.1, -0.05) is 121 Å². The summed E-state index contributed by atoms with van der Waals surface area (Å²) in [7, 11) is -4.66. The number of anilines is 1. The highest BCUT2D eigenvalue weighted by Gasteiger charge is 2.53. The van der Waals surface area contributed by atoms with Crippen LogP contribution in [-0.4, -0.2) is 66.8 Å². The molecule has 1 aliphatic heterocycles. The monoisotopic (exact) mass is 805 g/mol. The van der Waals surface area contributed by atoms with Gasteiger partial charge in [0.15, 0.2) is 5.82 Å². The zero-order valence-corrected chi connectivity index (χ0v) is 34.1. The number of aromatic nitrogens is 3. The maximum atomic E-state index is 13.1. The molecule has 0 aliphatic carbocycles. The van der Waals surface area contributed by atoms with Gasteiger partial charge >= 0.3 is 7.82 Å². The Hall–Kier alpha value is -2.63. The highest BCUT2D eigenvalue weighted by molar-refractivity contribution is 7.47. The van der Waals surface area contributed by atoms with Crippen LogP contribution in [0.3, 0.4) is 0 Å². The van der Waals surface area contributed by atoms with Crippen molar-refractivity contribution in [3.05, 3.63) is 58.5 Å². The fourth-order valence-electron chi connectivity index (χ4n) is 7.07. The van der Waals surface area contributed by atoms with Crippen LogP contribution in [0.1, 0.15) is 146 Å². The maximum absolute atomic E-state index is 13.1. The smallest absolute Gasteiger partial charge is 0.387 e. The van der Waals surface area contributed by atoms with Crippen LogP contribution in [0.2, 0.25) is 5.02 Å². The second-order valence-corrected chi connectivity index (χ2v) is 16.9. The minimum absolute atomic E-state index is 0.126. The van der Waals surface area contributed by atoms with Gasteiger partial charge in [0.2, 0.25) is 0 Å². The molecule has 55 heavy (non-hydrogen) atoms. The Morgan fingerprint density at radius 1 is 0.982 bits per heavy atom. The molecule has 1 aliphatic rings. The summed E-state index contributed by atoms with van der Waals surface area (Å²) in [6, 6.07) is 10.4. The van der Waals surface area contributed by atoms with Crippen LogP contribution in [0, 0.1) is 11.3 Å². The van der Waals surface area contributed by atoms with Crippen molar-refractivity contribution in [3.8, 4) is 6.07 Å². The predicted octanol–water partition coefficient (Wildman–Crippen LogP) is 8.76. The second-order valence-electron chi connectivity index (χ2n) is 15.0. The molecule has 2 aromatic heterocycles. The number of hydrogen-bond acceptors (Lipinski definition) is 11. The Balaban J connectivity index is 1.22. The van der Waals surface area contributed by atoms with Crippen LogP contribution in [0.25, 0.3) is 5.52 Å². The second kappa shape index (κ2) is 22.9. The summed E-state index contributed by atoms with van der Waals surface area (Å²) in [4.78, 5) is 14.6. The van der Waals surface area contributed by atoms with E-state index < -0.39 is 44.4 Å². The third-order valence-electron chi connectivity index (χ3n) is 10.3. The van der Waals surface area contributed by atoms with Crippen molar-refractivity contribution >= 4 is 30.8 Å². The molecule has 1 saturated heterocycles. The number of hydrogen-bond donors (Lipinski definition) is 4. The van der Waals surface area contributed by atoms with Gasteiger partial charge in [-0.2, -0.15) is 10.4 Å². The van der Waals surface area contributed by atoms with E-state index >= 15 is 0 Å². The molecular formula is C40H61ClN5O8P. The van der Waals surface area contributed by atoms with Crippen molar-refractivity contribution in [2.75, 3.05) is 18.9 Å². The van der Waals surface area contributed by atoms with Crippen LogP contribution >= 0.6 is 19.4 Å². The summed E-state index contributed by atoms with van der Waals surface area (Å²) < 4.78 is 37.5. The number of nitrogens with two attached hydrogens (primary N) is 1. The number of fused-ring (bicyclic) bond motifs is 1. The first-order chi connectivity index (χ1) is 26.5. The van der Waals surface area contributed by atoms with Gasteiger partial charge in [0.05, 0.1) is 43.3 Å². The van der Waals surface area contributed by atoms with Crippen molar-refractivity contribution in [2.45, 2.75) is 160 Å². The number of ether oxygens (including phenoxy) is 2.